The average Bonchev–Trinajstić information content (AvgIpc) is 3.25. The van der Waals surface area contributed by atoms with E-state index in [2.05, 4.69) is 16.0 Å². The molecule has 1 aliphatic rings. The fourth-order valence-electron chi connectivity index (χ4n) is 7.49. The fraction of sp³-hybridized carbons (Fsp3) is 0.851. The Morgan fingerprint density at radius 3 is 1.57 bits per heavy atom. The Kier molecular flexibility index (Phi) is 36.6. The SMILES string of the molecule is CC(=O)COCCOCCNC(=O)COCCOCCCC(=O)CCC(NC(=O)C1CCC(CNC(=O)CCCCCCCCCCCCCCCCCCC(=O)O)CC1)C(=O)O. The van der Waals surface area contributed by atoms with E-state index in [1.54, 1.807) is 0 Å². The van der Waals surface area contributed by atoms with Crippen LogP contribution < -0.4 is 16.0 Å². The average molecular weight is 898 g/mol. The molecule has 1 fully saturated rings. The van der Waals surface area contributed by atoms with Crippen LogP contribution in [0.1, 0.15) is 174 Å². The van der Waals surface area contributed by atoms with Gasteiger partial charge in [-0.05, 0) is 64.2 Å². The second-order valence-electron chi connectivity index (χ2n) is 17.0. The first-order chi connectivity index (χ1) is 30.5. The zero-order valence-electron chi connectivity index (χ0n) is 38.6. The normalized spacial score (nSPS) is 15.4. The van der Waals surface area contributed by atoms with Gasteiger partial charge in [-0.2, -0.15) is 0 Å². The summed E-state index contributed by atoms with van der Waals surface area (Å²) in [6.45, 7) is 3.99. The van der Waals surface area contributed by atoms with Crippen molar-refractivity contribution in [2.24, 2.45) is 11.8 Å². The summed E-state index contributed by atoms with van der Waals surface area (Å²) in [6, 6.07) is -1.14. The highest BCUT2D eigenvalue weighted by molar-refractivity contribution is 5.86. The number of nitrogens with one attached hydrogen (secondary N) is 3. The molecule has 63 heavy (non-hydrogen) atoms. The highest BCUT2D eigenvalue weighted by Crippen LogP contribution is 2.29. The number of carbonyl (C=O) groups is 7. The van der Waals surface area contributed by atoms with Gasteiger partial charge >= 0.3 is 11.9 Å². The van der Waals surface area contributed by atoms with Crippen LogP contribution in [0.4, 0.5) is 0 Å². The summed E-state index contributed by atoms with van der Waals surface area (Å²) in [5, 5.41) is 26.7. The van der Waals surface area contributed by atoms with Crippen LogP contribution in [0, 0.1) is 11.8 Å². The van der Waals surface area contributed by atoms with E-state index in [4.69, 9.17) is 24.1 Å². The number of amides is 3. The molecule has 16 nitrogen and oxygen atoms in total. The molecule has 1 aliphatic carbocycles. The van der Waals surface area contributed by atoms with E-state index < -0.39 is 18.0 Å². The second kappa shape index (κ2) is 40.1. The lowest BCUT2D eigenvalue weighted by Crippen LogP contribution is -2.45. The zero-order valence-corrected chi connectivity index (χ0v) is 38.6. The second-order valence-corrected chi connectivity index (χ2v) is 17.0. The maximum absolute atomic E-state index is 12.9. The van der Waals surface area contributed by atoms with Crippen molar-refractivity contribution >= 4 is 41.2 Å². The molecule has 364 valence electrons. The van der Waals surface area contributed by atoms with Gasteiger partial charge in [-0.15, -0.1) is 0 Å². The molecule has 16 heteroatoms. The number of unbranched alkanes of at least 4 members (excludes halogenated alkanes) is 15. The number of carboxylic acid groups (broad SMARTS) is 2. The minimum absolute atomic E-state index is 0.0169. The van der Waals surface area contributed by atoms with Crippen LogP contribution in [0.25, 0.3) is 0 Å². The van der Waals surface area contributed by atoms with Gasteiger partial charge in [-0.3, -0.25) is 28.8 Å². The number of rotatable bonds is 44. The Hall–Kier alpha value is -3.47. The third-order valence-corrected chi connectivity index (χ3v) is 11.3. The number of carboxylic acids is 2. The number of hydrogen-bond acceptors (Lipinski definition) is 11. The van der Waals surface area contributed by atoms with Gasteiger partial charge in [0.25, 0.3) is 0 Å². The summed E-state index contributed by atoms with van der Waals surface area (Å²) in [7, 11) is 0. The van der Waals surface area contributed by atoms with Crippen molar-refractivity contribution < 1.29 is 62.7 Å². The van der Waals surface area contributed by atoms with Crippen LogP contribution in [0.3, 0.4) is 0 Å². The van der Waals surface area contributed by atoms with Gasteiger partial charge in [0, 0.05) is 51.3 Å². The van der Waals surface area contributed by atoms with Crippen molar-refractivity contribution in [1.29, 1.82) is 0 Å². The van der Waals surface area contributed by atoms with Crippen LogP contribution in [0.5, 0.6) is 0 Å². The number of carbonyl (C=O) groups excluding carboxylic acids is 5. The molecule has 1 saturated carbocycles. The predicted octanol–water partition coefficient (Wildman–Crippen LogP) is 6.49. The summed E-state index contributed by atoms with van der Waals surface area (Å²) in [6.07, 6.45) is 23.2. The van der Waals surface area contributed by atoms with E-state index in [0.29, 0.717) is 77.5 Å². The third-order valence-electron chi connectivity index (χ3n) is 11.3. The number of Topliss-reactive ketones (excluding diaryl/α,β-unsaturated/α-hetero) is 2. The van der Waals surface area contributed by atoms with Crippen LogP contribution in [-0.4, -0.2) is 123 Å². The molecule has 0 spiro atoms. The van der Waals surface area contributed by atoms with E-state index in [1.165, 1.54) is 71.1 Å². The topological polar surface area (TPSA) is 233 Å². The molecular formula is C47H83N3O13. The molecular weight excluding hydrogens is 815 g/mol. The highest BCUT2D eigenvalue weighted by atomic mass is 16.5. The smallest absolute Gasteiger partial charge is 0.326 e. The molecule has 0 aromatic carbocycles. The van der Waals surface area contributed by atoms with Crippen LogP contribution >= 0.6 is 0 Å². The van der Waals surface area contributed by atoms with Gasteiger partial charge in [0.2, 0.25) is 17.7 Å². The first-order valence-corrected chi connectivity index (χ1v) is 24.1. The van der Waals surface area contributed by atoms with E-state index in [0.717, 1.165) is 51.4 Å². The molecule has 0 saturated heterocycles. The molecule has 3 amide bonds. The quantitative estimate of drug-likeness (QED) is 0.0413. The van der Waals surface area contributed by atoms with Gasteiger partial charge in [0.15, 0.2) is 5.78 Å². The molecule has 0 heterocycles. The van der Waals surface area contributed by atoms with E-state index >= 15 is 0 Å². The molecule has 0 aliphatic heterocycles. The van der Waals surface area contributed by atoms with Crippen molar-refractivity contribution in [3.8, 4) is 0 Å². The number of hydrogen-bond donors (Lipinski definition) is 5. The first-order valence-electron chi connectivity index (χ1n) is 24.1. The summed E-state index contributed by atoms with van der Waals surface area (Å²) in [5.74, 6) is -2.52. The van der Waals surface area contributed by atoms with Crippen LogP contribution in [0.2, 0.25) is 0 Å². The van der Waals surface area contributed by atoms with E-state index in [-0.39, 0.29) is 80.9 Å². The number of aliphatic carboxylic acids is 2. The summed E-state index contributed by atoms with van der Waals surface area (Å²) >= 11 is 0. The van der Waals surface area contributed by atoms with Crippen molar-refractivity contribution in [3.05, 3.63) is 0 Å². The fourth-order valence-corrected chi connectivity index (χ4v) is 7.49. The highest BCUT2D eigenvalue weighted by Gasteiger charge is 2.29. The molecule has 1 unspecified atom stereocenters. The third kappa shape index (κ3) is 36.6. The lowest BCUT2D eigenvalue weighted by Gasteiger charge is -2.28. The number of ether oxygens (including phenoxy) is 4. The van der Waals surface area contributed by atoms with E-state index in [1.807, 2.05) is 0 Å². The zero-order chi connectivity index (χ0) is 46.2. The Morgan fingerprint density at radius 1 is 0.524 bits per heavy atom. The first kappa shape index (κ1) is 57.5. The molecule has 0 aromatic rings. The Morgan fingerprint density at radius 2 is 1.03 bits per heavy atom. The van der Waals surface area contributed by atoms with Crippen molar-refractivity contribution in [3.63, 3.8) is 0 Å². The lowest BCUT2D eigenvalue weighted by atomic mass is 9.81. The molecule has 0 aromatic heterocycles. The van der Waals surface area contributed by atoms with Crippen LogP contribution in [0.15, 0.2) is 0 Å². The van der Waals surface area contributed by atoms with Crippen LogP contribution in [-0.2, 0) is 52.5 Å². The van der Waals surface area contributed by atoms with Crippen molar-refractivity contribution in [2.45, 2.75) is 180 Å². The molecule has 1 rings (SSSR count). The standard InChI is InChI=1S/C47H83N3O13/c1-38(51)36-62-33-32-61-30-28-48-44(54)37-63-34-31-60-29-18-19-41(52)26-27-42(47(58)59)50-46(57)40-24-22-39(23-25-40)35-49-43(53)20-16-14-12-10-8-6-4-2-3-5-7-9-11-13-15-17-21-45(55)56/h39-40,42H,2-37H2,1H3,(H,48,54)(H,49,53)(H,50,57)(H,55,56)(H,58,59). The minimum Gasteiger partial charge on any atom is -0.481 e. The van der Waals surface area contributed by atoms with Crippen molar-refractivity contribution in [1.82, 2.24) is 16.0 Å². The molecule has 5 N–H and O–H groups in total. The van der Waals surface area contributed by atoms with Gasteiger partial charge in [-0.25, -0.2) is 4.79 Å². The van der Waals surface area contributed by atoms with Gasteiger partial charge in [-0.1, -0.05) is 89.9 Å². The molecule has 0 bridgehead atoms. The summed E-state index contributed by atoms with van der Waals surface area (Å²) in [4.78, 5) is 82.8. The Bertz CT molecular complexity index is 1260. The van der Waals surface area contributed by atoms with Crippen molar-refractivity contribution in [2.75, 3.05) is 65.9 Å². The minimum atomic E-state index is -1.17. The van der Waals surface area contributed by atoms with Gasteiger partial charge in [0.05, 0.1) is 33.0 Å². The predicted molar refractivity (Wildman–Crippen MR) is 239 cm³/mol. The summed E-state index contributed by atoms with van der Waals surface area (Å²) < 4.78 is 21.1. The maximum Gasteiger partial charge on any atom is 0.326 e. The monoisotopic (exact) mass is 898 g/mol. The lowest BCUT2D eigenvalue weighted by molar-refractivity contribution is -0.143. The van der Waals surface area contributed by atoms with Gasteiger partial charge in [0.1, 0.15) is 25.0 Å². The Balaban J connectivity index is 2.00. The molecule has 1 atom stereocenters. The van der Waals surface area contributed by atoms with Gasteiger partial charge < -0.3 is 45.1 Å². The number of ketones is 2. The van der Waals surface area contributed by atoms with E-state index in [9.17, 15) is 38.7 Å². The Labute approximate surface area is 376 Å². The summed E-state index contributed by atoms with van der Waals surface area (Å²) in [5.41, 5.74) is 0. The largest absolute Gasteiger partial charge is 0.481 e. The maximum atomic E-state index is 12.9. The molecule has 0 radical (unpaired) electrons.